The molecule has 0 rings (SSSR count). The van der Waals surface area contributed by atoms with Gasteiger partial charge in [-0.1, -0.05) is 6.92 Å². The van der Waals surface area contributed by atoms with Crippen LogP contribution in [0.2, 0.25) is 0 Å². The van der Waals surface area contributed by atoms with E-state index in [1.807, 2.05) is 0 Å². The van der Waals surface area contributed by atoms with Gasteiger partial charge in [-0.15, -0.1) is 6.42 Å². The third kappa shape index (κ3) is 14.8. The summed E-state index contributed by atoms with van der Waals surface area (Å²) in [5, 5.41) is 6.75. The maximum Gasteiger partial charge on any atom is 0.134 e. The third-order valence-corrected chi connectivity index (χ3v) is 1.54. The first-order valence-corrected chi connectivity index (χ1v) is 4.25. The first-order valence-electron chi connectivity index (χ1n) is 4.25. The zero-order chi connectivity index (χ0) is 11.6. The zero-order valence-electron chi connectivity index (χ0n) is 8.73. The molecule has 0 saturated heterocycles. The first-order chi connectivity index (χ1) is 6.52. The van der Waals surface area contributed by atoms with Crippen molar-refractivity contribution in [2.45, 2.75) is 38.3 Å². The number of hydrogen-bond donors (Lipinski definition) is 1. The molecule has 1 N–H and O–H groups in total. The summed E-state index contributed by atoms with van der Waals surface area (Å²) in [6, 6.07) is 0. The molecule has 1 radical (unpaired) electrons. The Balaban J connectivity index is -0.000000449. The summed E-state index contributed by atoms with van der Waals surface area (Å²) < 4.78 is 48.9. The predicted octanol–water partition coefficient (Wildman–Crippen LogP) is 3.47. The smallest absolute Gasteiger partial charge is 0.134 e. The van der Waals surface area contributed by atoms with E-state index >= 15 is 0 Å². The number of aliphatic hydroxyl groups excluding tert-OH is 1. The molecule has 0 aliphatic rings. The fourth-order valence-electron chi connectivity index (χ4n) is 0.695. The molecule has 0 heterocycles. The molecule has 0 fully saturated rings. The van der Waals surface area contributed by atoms with Crippen LogP contribution in [-0.4, -0.2) is 23.9 Å². The van der Waals surface area contributed by atoms with E-state index in [9.17, 15) is 17.6 Å². The van der Waals surface area contributed by atoms with Crippen LogP contribution in [0.25, 0.3) is 0 Å². The van der Waals surface area contributed by atoms with Gasteiger partial charge < -0.3 is 5.11 Å². The van der Waals surface area contributed by atoms with Crippen molar-refractivity contribution < 1.29 is 55.4 Å². The second-order valence-electron chi connectivity index (χ2n) is 2.65. The van der Waals surface area contributed by atoms with E-state index in [1.54, 1.807) is 6.92 Å². The Morgan fingerprint density at radius 3 is 2.20 bits per heavy atom. The van der Waals surface area contributed by atoms with Crippen molar-refractivity contribution in [3.05, 3.63) is 13.5 Å². The minimum absolute atomic E-state index is 0. The van der Waals surface area contributed by atoms with Crippen LogP contribution >= 0.6 is 0 Å². The summed E-state index contributed by atoms with van der Waals surface area (Å²) in [4.78, 5) is 0. The van der Waals surface area contributed by atoms with Crippen LogP contribution in [-0.2, 0) is 32.7 Å². The van der Waals surface area contributed by atoms with Gasteiger partial charge >= 0.3 is 0 Å². The summed E-state index contributed by atoms with van der Waals surface area (Å²) in [5.74, 6) is -3.16. The summed E-state index contributed by atoms with van der Waals surface area (Å²) in [6.07, 6.45) is -1.62. The summed E-state index contributed by atoms with van der Waals surface area (Å²) >= 11 is 0. The largest absolute Gasteiger partial charge is 0.569 e. The molecule has 0 amide bonds. The van der Waals surface area contributed by atoms with Crippen molar-refractivity contribution in [1.29, 1.82) is 0 Å². The van der Waals surface area contributed by atoms with Gasteiger partial charge in [-0.3, -0.25) is 15.2 Å². The average molecular weight is 305 g/mol. The van der Waals surface area contributed by atoms with E-state index in [0.29, 0.717) is 6.42 Å². The van der Waals surface area contributed by atoms with Crippen LogP contribution < -0.4 is 0 Å². The second-order valence-corrected chi connectivity index (χ2v) is 2.65. The predicted molar refractivity (Wildman–Crippen MR) is 46.9 cm³/mol. The quantitative estimate of drug-likeness (QED) is 0.588. The molecule has 0 bridgehead atoms. The van der Waals surface area contributed by atoms with Crippen LogP contribution in [0.4, 0.5) is 17.6 Å². The number of hydrogen-bond acceptors (Lipinski definition) is 1. The minimum Gasteiger partial charge on any atom is -0.569 e. The van der Waals surface area contributed by atoms with Gasteiger partial charge in [0.1, 0.15) is 5.92 Å². The number of alkyl halides is 4. The fraction of sp³-hybridized carbons (Fsp3) is 0.778. The van der Waals surface area contributed by atoms with E-state index < -0.39 is 25.2 Å². The monoisotopic (exact) mass is 305 g/mol. The molecule has 0 spiro atoms. The second kappa shape index (κ2) is 12.9. The van der Waals surface area contributed by atoms with Crippen molar-refractivity contribution >= 4 is 0 Å². The van der Waals surface area contributed by atoms with E-state index in [1.165, 1.54) is 0 Å². The van der Waals surface area contributed by atoms with Gasteiger partial charge in [0, 0.05) is 39.1 Å². The van der Waals surface area contributed by atoms with Gasteiger partial charge in [-0.25, -0.2) is 15.9 Å². The molecular formula is C9H16F4OY-2. The molecule has 0 aromatic carbocycles. The van der Waals surface area contributed by atoms with Crippen molar-refractivity contribution in [3.8, 4) is 0 Å². The number of rotatable bonds is 6. The molecule has 1 nitrogen and oxygen atoms in total. The molecule has 0 aliphatic heterocycles. The van der Waals surface area contributed by atoms with E-state index in [4.69, 9.17) is 5.11 Å². The van der Waals surface area contributed by atoms with Crippen LogP contribution in [0.15, 0.2) is 0 Å². The van der Waals surface area contributed by atoms with Crippen LogP contribution in [0.1, 0.15) is 26.2 Å². The Labute approximate surface area is 114 Å². The first kappa shape index (κ1) is 21.1. The summed E-state index contributed by atoms with van der Waals surface area (Å²) in [5.41, 5.74) is 0. The molecule has 91 valence electrons. The van der Waals surface area contributed by atoms with Crippen molar-refractivity contribution in [1.82, 2.24) is 0 Å². The van der Waals surface area contributed by atoms with Crippen LogP contribution in [0.3, 0.4) is 0 Å². The zero-order valence-corrected chi connectivity index (χ0v) is 11.6. The summed E-state index contributed by atoms with van der Waals surface area (Å²) in [6.45, 7) is 0.498. The topological polar surface area (TPSA) is 20.2 Å². The Morgan fingerprint density at radius 2 is 1.87 bits per heavy atom. The Morgan fingerprint density at radius 1 is 1.40 bits per heavy atom. The maximum atomic E-state index is 12.5. The number of aliphatic hydroxyl groups is 1. The van der Waals surface area contributed by atoms with Gasteiger partial charge in [0.25, 0.3) is 0 Å². The average Bonchev–Trinajstić information content (AvgIpc) is 2.17. The maximum absolute atomic E-state index is 12.5. The van der Waals surface area contributed by atoms with E-state index in [2.05, 4.69) is 7.11 Å². The molecule has 1 unspecified atom stereocenters. The minimum atomic E-state index is -3.16. The van der Waals surface area contributed by atoms with E-state index in [-0.39, 0.29) is 45.6 Å². The van der Waals surface area contributed by atoms with Gasteiger partial charge in [-0.2, -0.15) is 0 Å². The Hall–Kier alpha value is 0.784. The standard InChI is InChI=1S/C8H13F4.CH3O.Y/c1-2-7(10)3-4-8(11,12)5-6-9;1-2;/h4,7H,2-3,5-6H2,1H3;2H,1H2;/q2*-1;. The summed E-state index contributed by atoms with van der Waals surface area (Å²) in [7, 11) is 2.25. The normalized spacial score (nSPS) is 12.2. The van der Waals surface area contributed by atoms with Crippen molar-refractivity contribution in [3.63, 3.8) is 0 Å². The van der Waals surface area contributed by atoms with Crippen molar-refractivity contribution in [2.75, 3.05) is 6.67 Å². The molecule has 1 atom stereocenters. The van der Waals surface area contributed by atoms with E-state index in [0.717, 1.165) is 0 Å². The molecule has 15 heavy (non-hydrogen) atoms. The van der Waals surface area contributed by atoms with Crippen LogP contribution in [0, 0.1) is 13.5 Å². The fourth-order valence-corrected chi connectivity index (χ4v) is 0.695. The SMILES string of the molecule is CCC(F)C[CH-]C(F)(F)CCF.[CH2-]O.[Y]. The van der Waals surface area contributed by atoms with Gasteiger partial charge in [0.15, 0.2) is 0 Å². The molecule has 0 aromatic rings. The molecule has 6 heteroatoms. The van der Waals surface area contributed by atoms with Gasteiger partial charge in [0.05, 0.1) is 12.8 Å². The Kier molecular flexibility index (Phi) is 18.1. The molecule has 0 aromatic heterocycles. The molecule has 0 saturated carbocycles. The number of halogens is 4. The van der Waals surface area contributed by atoms with Crippen molar-refractivity contribution in [2.24, 2.45) is 0 Å². The Bertz CT molecular complexity index is 125. The van der Waals surface area contributed by atoms with Gasteiger partial charge in [-0.05, 0) is 6.42 Å². The third-order valence-electron chi connectivity index (χ3n) is 1.54. The molecular weight excluding hydrogens is 289 g/mol. The molecule has 0 aliphatic carbocycles. The van der Waals surface area contributed by atoms with Crippen LogP contribution in [0.5, 0.6) is 0 Å². The van der Waals surface area contributed by atoms with Gasteiger partial charge in [0.2, 0.25) is 0 Å².